The Bertz CT molecular complexity index is 898. The molecule has 0 fully saturated rings. The molecule has 0 aromatic carbocycles. The summed E-state index contributed by atoms with van der Waals surface area (Å²) in [7, 11) is 0. The van der Waals surface area contributed by atoms with Gasteiger partial charge in [0.05, 0.1) is 22.3 Å². The van der Waals surface area contributed by atoms with E-state index in [0.29, 0.717) is 35.4 Å². The minimum Gasteiger partial charge on any atom is -0.352 e. The molecule has 3 aromatic heterocycles. The molecule has 126 valence electrons. The first-order chi connectivity index (χ1) is 11.5. The topological polar surface area (TPSA) is 94.0 Å². The monoisotopic (exact) mass is 344 g/mol. The minimum absolute atomic E-state index is 0.159. The average Bonchev–Trinajstić information content (AvgIpc) is 3.09. The summed E-state index contributed by atoms with van der Waals surface area (Å²) in [6.45, 7) is 6.99. The van der Waals surface area contributed by atoms with Crippen molar-refractivity contribution >= 4 is 28.3 Å². The van der Waals surface area contributed by atoms with Crippen LogP contribution in [0.15, 0.2) is 16.7 Å². The number of carbonyl (C=O) groups is 1. The summed E-state index contributed by atoms with van der Waals surface area (Å²) in [6, 6.07) is 3.90. The quantitative estimate of drug-likeness (QED) is 0.694. The van der Waals surface area contributed by atoms with Gasteiger partial charge in [0.2, 0.25) is 0 Å². The molecule has 0 bridgehead atoms. The lowest BCUT2D eigenvalue weighted by atomic mass is 10.1. The molecule has 1 amide bonds. The molecule has 3 heterocycles. The van der Waals surface area contributed by atoms with Gasteiger partial charge in [0, 0.05) is 21.9 Å². The van der Waals surface area contributed by atoms with E-state index in [2.05, 4.69) is 28.4 Å². The zero-order valence-corrected chi connectivity index (χ0v) is 14.8. The van der Waals surface area contributed by atoms with E-state index < -0.39 is 0 Å². The molecule has 3 aromatic rings. The summed E-state index contributed by atoms with van der Waals surface area (Å²) >= 11 is 1.71. The fraction of sp³-hybridized carbons (Fsp3) is 0.353. The van der Waals surface area contributed by atoms with Gasteiger partial charge in [-0.15, -0.1) is 11.3 Å². The lowest BCUT2D eigenvalue weighted by molar-refractivity contribution is 0.0955. The van der Waals surface area contributed by atoms with Gasteiger partial charge in [0.1, 0.15) is 0 Å². The second-order valence-electron chi connectivity index (χ2n) is 5.73. The third-order valence-corrected chi connectivity index (χ3v) is 4.81. The molecule has 0 aliphatic rings. The number of rotatable bonds is 5. The van der Waals surface area contributed by atoms with Crippen molar-refractivity contribution in [1.29, 1.82) is 0 Å². The summed E-state index contributed by atoms with van der Waals surface area (Å²) in [6.07, 6.45) is 0.734. The third kappa shape index (κ3) is 3.05. The van der Waals surface area contributed by atoms with E-state index in [1.54, 1.807) is 11.3 Å². The number of aryl methyl sites for hydroxylation is 3. The van der Waals surface area contributed by atoms with Crippen LogP contribution in [0, 0.1) is 20.8 Å². The highest BCUT2D eigenvalue weighted by molar-refractivity contribution is 7.12. The molecule has 3 rings (SSSR count). The van der Waals surface area contributed by atoms with Crippen LogP contribution in [0.2, 0.25) is 0 Å². The Balaban J connectivity index is 2.10. The smallest absolute Gasteiger partial charge is 0.259 e. The fourth-order valence-corrected chi connectivity index (χ4v) is 3.63. The maximum atomic E-state index is 12.6. The van der Waals surface area contributed by atoms with Gasteiger partial charge in [-0.1, -0.05) is 5.16 Å². The van der Waals surface area contributed by atoms with E-state index >= 15 is 0 Å². The van der Waals surface area contributed by atoms with Gasteiger partial charge in [-0.05, 0) is 45.9 Å². The van der Waals surface area contributed by atoms with Crippen molar-refractivity contribution in [1.82, 2.24) is 15.5 Å². The van der Waals surface area contributed by atoms with Crippen molar-refractivity contribution in [2.45, 2.75) is 27.2 Å². The lowest BCUT2D eigenvalue weighted by Crippen LogP contribution is -2.26. The molecule has 24 heavy (non-hydrogen) atoms. The predicted molar refractivity (Wildman–Crippen MR) is 95.3 cm³/mol. The zero-order chi connectivity index (χ0) is 17.3. The van der Waals surface area contributed by atoms with E-state index in [1.807, 2.05) is 19.9 Å². The highest BCUT2D eigenvalue weighted by Gasteiger charge is 2.20. The van der Waals surface area contributed by atoms with Gasteiger partial charge in [-0.3, -0.25) is 4.79 Å². The molecule has 0 aliphatic carbocycles. The number of pyridine rings is 1. The van der Waals surface area contributed by atoms with E-state index in [9.17, 15) is 4.79 Å². The number of thiophene rings is 1. The van der Waals surface area contributed by atoms with Gasteiger partial charge in [-0.25, -0.2) is 4.98 Å². The van der Waals surface area contributed by atoms with Gasteiger partial charge in [0.25, 0.3) is 11.6 Å². The maximum absolute atomic E-state index is 12.6. The first-order valence-corrected chi connectivity index (χ1v) is 8.65. The van der Waals surface area contributed by atoms with Crippen LogP contribution in [-0.4, -0.2) is 29.1 Å². The number of carbonyl (C=O) groups excluding carboxylic acids is 1. The predicted octanol–water partition coefficient (Wildman–Crippen LogP) is 2.96. The Hall–Kier alpha value is -2.25. The number of nitrogens with zero attached hydrogens (tertiary/aromatic N) is 2. The second kappa shape index (κ2) is 6.70. The number of amides is 1. The standard InChI is InChI=1S/C17H20N4O2S/c1-9-7-12(11(3)24-9)14-8-13(16(22)19-6-4-5-18)15-10(2)21-23-17(15)20-14/h7-8H,4-6,18H2,1-3H3,(H,19,22). The minimum atomic E-state index is -0.159. The van der Waals surface area contributed by atoms with Crippen LogP contribution in [0.25, 0.3) is 22.4 Å². The van der Waals surface area contributed by atoms with Crippen LogP contribution >= 0.6 is 11.3 Å². The second-order valence-corrected chi connectivity index (χ2v) is 7.19. The maximum Gasteiger partial charge on any atom is 0.259 e. The SMILES string of the molecule is Cc1cc(-c2cc(C(=O)NCCCN)c3c(C)noc3n2)c(C)s1. The molecule has 0 aliphatic heterocycles. The normalized spacial score (nSPS) is 11.2. The van der Waals surface area contributed by atoms with Crippen molar-refractivity contribution in [3.63, 3.8) is 0 Å². The Morgan fingerprint density at radius 1 is 1.33 bits per heavy atom. The van der Waals surface area contributed by atoms with Crippen molar-refractivity contribution in [2.24, 2.45) is 5.73 Å². The summed E-state index contributed by atoms with van der Waals surface area (Å²) < 4.78 is 5.32. The van der Waals surface area contributed by atoms with Crippen molar-refractivity contribution in [3.8, 4) is 11.3 Å². The molecule has 0 radical (unpaired) electrons. The zero-order valence-electron chi connectivity index (χ0n) is 14.0. The Morgan fingerprint density at radius 3 is 2.79 bits per heavy atom. The van der Waals surface area contributed by atoms with Gasteiger partial charge >= 0.3 is 0 Å². The van der Waals surface area contributed by atoms with Crippen molar-refractivity contribution in [2.75, 3.05) is 13.1 Å². The molecular formula is C17H20N4O2S. The lowest BCUT2D eigenvalue weighted by Gasteiger charge is -2.07. The molecule has 3 N–H and O–H groups in total. The molecule has 0 saturated carbocycles. The molecular weight excluding hydrogens is 324 g/mol. The van der Waals surface area contributed by atoms with E-state index in [-0.39, 0.29) is 5.91 Å². The summed E-state index contributed by atoms with van der Waals surface area (Å²) in [4.78, 5) is 19.5. The number of nitrogens with one attached hydrogen (secondary N) is 1. The van der Waals surface area contributed by atoms with E-state index in [0.717, 1.165) is 22.6 Å². The first kappa shape index (κ1) is 16.6. The van der Waals surface area contributed by atoms with Crippen LogP contribution in [0.3, 0.4) is 0 Å². The van der Waals surface area contributed by atoms with E-state index in [1.165, 1.54) is 4.88 Å². The number of hydrogen-bond donors (Lipinski definition) is 2. The van der Waals surface area contributed by atoms with Crippen LogP contribution in [0.1, 0.15) is 32.2 Å². The highest BCUT2D eigenvalue weighted by Crippen LogP contribution is 2.32. The molecule has 0 atom stereocenters. The number of fused-ring (bicyclic) bond motifs is 1. The van der Waals surface area contributed by atoms with Crippen molar-refractivity contribution < 1.29 is 9.32 Å². The van der Waals surface area contributed by atoms with Gasteiger partial charge < -0.3 is 15.6 Å². The fourth-order valence-electron chi connectivity index (χ4n) is 2.70. The Labute approximate surface area is 144 Å². The van der Waals surface area contributed by atoms with Crippen LogP contribution in [0.5, 0.6) is 0 Å². The Morgan fingerprint density at radius 2 is 2.12 bits per heavy atom. The highest BCUT2D eigenvalue weighted by atomic mass is 32.1. The number of aromatic nitrogens is 2. The van der Waals surface area contributed by atoms with Crippen LogP contribution in [0.4, 0.5) is 0 Å². The van der Waals surface area contributed by atoms with Gasteiger partial charge in [0.15, 0.2) is 0 Å². The average molecular weight is 344 g/mol. The third-order valence-electron chi connectivity index (χ3n) is 3.85. The summed E-state index contributed by atoms with van der Waals surface area (Å²) in [5, 5.41) is 7.52. The van der Waals surface area contributed by atoms with Gasteiger partial charge in [-0.2, -0.15) is 0 Å². The molecule has 7 heteroatoms. The summed E-state index contributed by atoms with van der Waals surface area (Å²) in [5.74, 6) is -0.159. The largest absolute Gasteiger partial charge is 0.352 e. The van der Waals surface area contributed by atoms with Crippen LogP contribution in [-0.2, 0) is 0 Å². The molecule has 0 spiro atoms. The first-order valence-electron chi connectivity index (χ1n) is 7.84. The number of nitrogens with two attached hydrogens (primary N) is 1. The molecule has 6 nitrogen and oxygen atoms in total. The van der Waals surface area contributed by atoms with Crippen molar-refractivity contribution in [3.05, 3.63) is 33.1 Å². The number of hydrogen-bond acceptors (Lipinski definition) is 6. The molecule has 0 unspecified atom stereocenters. The summed E-state index contributed by atoms with van der Waals surface area (Å²) in [5.41, 5.74) is 8.81. The molecule has 0 saturated heterocycles. The van der Waals surface area contributed by atoms with E-state index in [4.69, 9.17) is 10.3 Å². The van der Waals surface area contributed by atoms with Crippen LogP contribution < -0.4 is 11.1 Å². The Kier molecular flexibility index (Phi) is 4.64.